The first-order chi connectivity index (χ1) is 43.0. The lowest BCUT2D eigenvalue weighted by Gasteiger charge is -2.24. The molecule has 2 unspecified atom stereocenters. The number of ether oxygens (including phenoxy) is 2. The number of likely N-dealkylation sites (N-methyl/N-ethyl adjacent to an activating group) is 1. The second-order valence-corrected chi connectivity index (χ2v) is 27.0. The molecule has 0 amide bonds. The smallest absolute Gasteiger partial charge is 0.462 e. The summed E-state index contributed by atoms with van der Waals surface area (Å²) in [7, 11) is 1.48. The first-order valence-corrected chi connectivity index (χ1v) is 38.1. The predicted octanol–water partition coefficient (Wildman–Crippen LogP) is 24.1. The predicted molar refractivity (Wildman–Crippen MR) is 381 cm³/mol. The highest BCUT2D eigenvalue weighted by molar-refractivity contribution is 7.47. The summed E-state index contributed by atoms with van der Waals surface area (Å²) in [5, 5.41) is 0. The Morgan fingerprint density at radius 2 is 0.614 bits per heavy atom. The molecule has 0 spiro atoms. The summed E-state index contributed by atoms with van der Waals surface area (Å²) in [6, 6.07) is 0. The lowest BCUT2D eigenvalue weighted by molar-refractivity contribution is -0.870. The maximum absolute atomic E-state index is 12.9. The number of phosphoric ester groups is 1. The number of hydrogen-bond acceptors (Lipinski definition) is 7. The van der Waals surface area contributed by atoms with Gasteiger partial charge in [0, 0.05) is 12.8 Å². The second-order valence-electron chi connectivity index (χ2n) is 25.6. The Bertz CT molecular complexity index is 1850. The molecule has 0 saturated carbocycles. The van der Waals surface area contributed by atoms with Crippen LogP contribution in [0.2, 0.25) is 0 Å². The standard InChI is InChI=1S/C78H138NO8P/c1-6-8-10-12-14-16-18-20-22-24-26-28-30-32-34-36-37-38-39-40-41-43-45-47-49-51-53-55-57-59-61-63-65-67-69-71-78(81)87-76(75-86-88(82,83)85-73-72-79(3,4)5)74-84-77(80)70-68-66-64-62-60-58-56-54-52-50-48-46-44-42-35-33-31-29-27-25-23-21-19-17-15-13-11-9-7-2/h8-11,14-17,20-23,26-29,32,34,76H,6-7,12-13,18-19,24-25,30-31,33,35-75H2,1-5H3/p+1/b10-8-,11-9-,16-14-,17-15-,22-20-,23-21-,28-26-,29-27-,34-32-. The minimum Gasteiger partial charge on any atom is -0.462 e. The van der Waals surface area contributed by atoms with E-state index in [9.17, 15) is 19.0 Å². The van der Waals surface area contributed by atoms with Crippen molar-refractivity contribution in [2.45, 2.75) is 328 Å². The van der Waals surface area contributed by atoms with Crippen LogP contribution in [0, 0.1) is 0 Å². The average molecular weight is 1250 g/mol. The third-order valence-electron chi connectivity index (χ3n) is 15.8. The molecule has 88 heavy (non-hydrogen) atoms. The van der Waals surface area contributed by atoms with Crippen molar-refractivity contribution in [3.8, 4) is 0 Å². The zero-order chi connectivity index (χ0) is 64.1. The Hall–Kier alpha value is -3.33. The summed E-state index contributed by atoms with van der Waals surface area (Å²) in [4.78, 5) is 35.9. The van der Waals surface area contributed by atoms with Gasteiger partial charge in [0.2, 0.25) is 0 Å². The van der Waals surface area contributed by atoms with Crippen molar-refractivity contribution in [3.05, 3.63) is 109 Å². The molecule has 0 heterocycles. The van der Waals surface area contributed by atoms with Crippen molar-refractivity contribution in [1.82, 2.24) is 0 Å². The summed E-state index contributed by atoms with van der Waals surface area (Å²) in [5.41, 5.74) is 0. The second kappa shape index (κ2) is 68.0. The normalized spacial score (nSPS) is 13.8. The molecule has 0 radical (unpaired) electrons. The maximum atomic E-state index is 12.9. The van der Waals surface area contributed by atoms with E-state index in [-0.39, 0.29) is 32.0 Å². The van der Waals surface area contributed by atoms with E-state index in [1.54, 1.807) is 0 Å². The highest BCUT2D eigenvalue weighted by atomic mass is 31.2. The number of nitrogens with zero attached hydrogens (tertiary/aromatic N) is 1. The quantitative estimate of drug-likeness (QED) is 0.0211. The molecule has 10 heteroatoms. The molecule has 9 nitrogen and oxygen atoms in total. The van der Waals surface area contributed by atoms with Crippen LogP contribution >= 0.6 is 7.82 Å². The fourth-order valence-corrected chi connectivity index (χ4v) is 11.0. The zero-order valence-electron chi connectivity index (χ0n) is 57.9. The van der Waals surface area contributed by atoms with Crippen molar-refractivity contribution in [3.63, 3.8) is 0 Å². The van der Waals surface area contributed by atoms with Gasteiger partial charge in [-0.3, -0.25) is 18.6 Å². The summed E-state index contributed by atoms with van der Waals surface area (Å²) in [6.07, 6.45) is 96.3. The molecule has 0 fully saturated rings. The largest absolute Gasteiger partial charge is 0.472 e. The number of unbranched alkanes of at least 4 members (excludes halogenated alkanes) is 35. The molecule has 0 bridgehead atoms. The molecule has 0 saturated heterocycles. The van der Waals surface area contributed by atoms with Crippen LogP contribution in [-0.2, 0) is 32.7 Å². The van der Waals surface area contributed by atoms with Crippen LogP contribution in [-0.4, -0.2) is 74.9 Å². The topological polar surface area (TPSA) is 108 Å². The van der Waals surface area contributed by atoms with E-state index >= 15 is 0 Å². The molecule has 0 rings (SSSR count). The number of phosphoric acid groups is 1. The summed E-state index contributed by atoms with van der Waals surface area (Å²) < 4.78 is 34.8. The Kier molecular flexibility index (Phi) is 65.5. The molecule has 508 valence electrons. The highest BCUT2D eigenvalue weighted by Gasteiger charge is 2.27. The summed E-state index contributed by atoms with van der Waals surface area (Å²) in [5.74, 6) is -0.786. The maximum Gasteiger partial charge on any atom is 0.472 e. The molecule has 0 aliphatic heterocycles. The average Bonchev–Trinajstić information content (AvgIpc) is 3.57. The Balaban J connectivity index is 3.99. The highest BCUT2D eigenvalue weighted by Crippen LogP contribution is 2.43. The van der Waals surface area contributed by atoms with Gasteiger partial charge in [0.25, 0.3) is 0 Å². The molecule has 0 aromatic heterocycles. The van der Waals surface area contributed by atoms with Crippen LogP contribution < -0.4 is 0 Å². The molecule has 0 aromatic carbocycles. The van der Waals surface area contributed by atoms with Gasteiger partial charge in [-0.1, -0.05) is 322 Å². The Morgan fingerprint density at radius 1 is 0.352 bits per heavy atom. The van der Waals surface area contributed by atoms with E-state index in [2.05, 4.69) is 123 Å². The minimum absolute atomic E-state index is 0.0301. The first kappa shape index (κ1) is 84.7. The minimum atomic E-state index is -4.40. The van der Waals surface area contributed by atoms with Gasteiger partial charge >= 0.3 is 19.8 Å². The molecule has 2 atom stereocenters. The van der Waals surface area contributed by atoms with E-state index in [0.717, 1.165) is 89.9 Å². The Morgan fingerprint density at radius 3 is 0.909 bits per heavy atom. The summed E-state index contributed by atoms with van der Waals surface area (Å²) in [6.45, 7) is 4.25. The summed E-state index contributed by atoms with van der Waals surface area (Å²) >= 11 is 0. The number of carbonyl (C=O) groups is 2. The lowest BCUT2D eigenvalue weighted by Crippen LogP contribution is -2.37. The van der Waals surface area contributed by atoms with Crippen molar-refractivity contribution >= 4 is 19.8 Å². The number of esters is 2. The van der Waals surface area contributed by atoms with Gasteiger partial charge in [0.05, 0.1) is 27.7 Å². The number of carbonyl (C=O) groups excluding carboxylic acids is 2. The molecular formula is C78H139NO8P+. The van der Waals surface area contributed by atoms with Crippen LogP contribution in [0.15, 0.2) is 109 Å². The van der Waals surface area contributed by atoms with Gasteiger partial charge in [0.1, 0.15) is 19.8 Å². The van der Waals surface area contributed by atoms with Crippen LogP contribution in [0.4, 0.5) is 0 Å². The number of hydrogen-bond donors (Lipinski definition) is 1. The van der Waals surface area contributed by atoms with Crippen molar-refractivity contribution in [1.29, 1.82) is 0 Å². The van der Waals surface area contributed by atoms with Gasteiger partial charge in [-0.2, -0.15) is 0 Å². The molecule has 0 aromatic rings. The number of quaternary nitrogens is 1. The van der Waals surface area contributed by atoms with Gasteiger partial charge in [-0.15, -0.1) is 0 Å². The van der Waals surface area contributed by atoms with E-state index < -0.39 is 26.5 Å². The van der Waals surface area contributed by atoms with Crippen LogP contribution in [0.3, 0.4) is 0 Å². The fraction of sp³-hybridized carbons (Fsp3) is 0.744. The van der Waals surface area contributed by atoms with Crippen LogP contribution in [0.1, 0.15) is 322 Å². The van der Waals surface area contributed by atoms with Crippen molar-refractivity contribution < 1.29 is 42.1 Å². The molecular weight excluding hydrogens is 1110 g/mol. The molecule has 1 N–H and O–H groups in total. The van der Waals surface area contributed by atoms with E-state index in [1.807, 2.05) is 21.1 Å². The third kappa shape index (κ3) is 71.7. The van der Waals surface area contributed by atoms with E-state index in [1.165, 1.54) is 199 Å². The number of rotatable bonds is 67. The van der Waals surface area contributed by atoms with E-state index in [4.69, 9.17) is 18.5 Å². The van der Waals surface area contributed by atoms with Crippen LogP contribution in [0.5, 0.6) is 0 Å². The van der Waals surface area contributed by atoms with E-state index in [0.29, 0.717) is 17.4 Å². The van der Waals surface area contributed by atoms with Gasteiger partial charge < -0.3 is 18.9 Å². The zero-order valence-corrected chi connectivity index (χ0v) is 58.8. The van der Waals surface area contributed by atoms with Gasteiger partial charge in [-0.05, 0) is 96.3 Å². The number of allylic oxidation sites excluding steroid dienone is 18. The lowest BCUT2D eigenvalue weighted by atomic mass is 10.0. The van der Waals surface area contributed by atoms with Crippen LogP contribution in [0.25, 0.3) is 0 Å². The van der Waals surface area contributed by atoms with Crippen molar-refractivity contribution in [2.75, 3.05) is 47.5 Å². The Labute approximate surface area is 544 Å². The van der Waals surface area contributed by atoms with Gasteiger partial charge in [0.15, 0.2) is 6.10 Å². The monoisotopic (exact) mass is 1250 g/mol. The van der Waals surface area contributed by atoms with Crippen molar-refractivity contribution in [2.24, 2.45) is 0 Å². The third-order valence-corrected chi connectivity index (χ3v) is 16.8. The molecule has 0 aliphatic carbocycles. The molecule has 0 aliphatic rings. The first-order valence-electron chi connectivity index (χ1n) is 36.6. The van der Waals surface area contributed by atoms with Gasteiger partial charge in [-0.25, -0.2) is 4.57 Å². The fourth-order valence-electron chi connectivity index (χ4n) is 10.3. The SMILES string of the molecule is CC/C=C\C/C=C\C/C=C\C/C=C\C/C=C\CCCCCCCCCCCCCCCCCCCCCC(=O)OC(COC(=O)CCCCCCCCCCCCCCCCCC/C=C\C/C=C\C/C=C\C/C=C\CC)COP(=O)(O)OCC[N+](C)(C)C.